The van der Waals surface area contributed by atoms with Crippen LogP contribution in [0.1, 0.15) is 5.56 Å². The Hall–Kier alpha value is -2.08. The van der Waals surface area contributed by atoms with E-state index in [-0.39, 0.29) is 5.91 Å². The molecule has 0 aliphatic carbocycles. The topological polar surface area (TPSA) is 47.6 Å². The largest absolute Gasteiger partial charge is 0.369 e. The molecule has 2 N–H and O–H groups in total. The number of nitrogens with zero attached hydrogens (tertiary/aromatic N) is 2. The molecule has 0 aromatic heterocycles. The van der Waals surface area contributed by atoms with Crippen molar-refractivity contribution in [1.29, 1.82) is 0 Å². The van der Waals surface area contributed by atoms with E-state index in [9.17, 15) is 4.79 Å². The van der Waals surface area contributed by atoms with Gasteiger partial charge in [-0.1, -0.05) is 23.7 Å². The van der Waals surface area contributed by atoms with Crippen LogP contribution >= 0.6 is 11.6 Å². The summed E-state index contributed by atoms with van der Waals surface area (Å²) in [5.74, 6) is -0.0292. The lowest BCUT2D eigenvalue weighted by molar-refractivity contribution is -0.115. The summed E-state index contributed by atoms with van der Waals surface area (Å²) in [7, 11) is 2.15. The molecule has 5 nitrogen and oxygen atoms in total. The van der Waals surface area contributed by atoms with Gasteiger partial charge in [-0.25, -0.2) is 0 Å². The summed E-state index contributed by atoms with van der Waals surface area (Å²) in [6.45, 7) is 5.30. The van der Waals surface area contributed by atoms with Gasteiger partial charge in [-0.15, -0.1) is 0 Å². The van der Waals surface area contributed by atoms with Crippen LogP contribution in [-0.4, -0.2) is 57.1 Å². The third kappa shape index (κ3) is 6.24. The molecule has 1 saturated heterocycles. The molecule has 2 aromatic rings. The van der Waals surface area contributed by atoms with E-state index in [1.807, 2.05) is 36.4 Å². The number of benzene rings is 2. The van der Waals surface area contributed by atoms with Crippen LogP contribution in [-0.2, 0) is 11.2 Å². The lowest BCUT2D eigenvalue weighted by atomic mass is 10.1. The highest BCUT2D eigenvalue weighted by molar-refractivity contribution is 6.30. The number of carbonyl (C=O) groups excluding carboxylic acids is 1. The van der Waals surface area contributed by atoms with Crippen LogP contribution in [0.4, 0.5) is 11.4 Å². The predicted octanol–water partition coefficient (Wildman–Crippen LogP) is 2.86. The number of nitrogens with one attached hydrogen (secondary N) is 2. The Morgan fingerprint density at radius 1 is 1.00 bits per heavy atom. The number of anilines is 2. The van der Waals surface area contributed by atoms with Crippen molar-refractivity contribution in [3.63, 3.8) is 0 Å². The second kappa shape index (κ2) is 9.74. The molecule has 144 valence electrons. The van der Waals surface area contributed by atoms with Crippen molar-refractivity contribution < 1.29 is 4.79 Å². The monoisotopic (exact) mass is 386 g/mol. The number of hydrogen-bond acceptors (Lipinski definition) is 4. The Morgan fingerprint density at radius 2 is 1.67 bits per heavy atom. The molecule has 0 radical (unpaired) electrons. The Morgan fingerprint density at radius 3 is 2.33 bits per heavy atom. The number of likely N-dealkylation sites (N-methyl/N-ethyl adjacent to an activating group) is 1. The number of rotatable bonds is 7. The molecule has 0 unspecified atom stereocenters. The van der Waals surface area contributed by atoms with Gasteiger partial charge < -0.3 is 20.4 Å². The van der Waals surface area contributed by atoms with Crippen molar-refractivity contribution in [1.82, 2.24) is 10.2 Å². The fourth-order valence-corrected chi connectivity index (χ4v) is 3.24. The van der Waals surface area contributed by atoms with Gasteiger partial charge in [0.25, 0.3) is 0 Å². The van der Waals surface area contributed by atoms with Crippen molar-refractivity contribution in [3.8, 4) is 0 Å². The number of halogens is 1. The number of carbonyl (C=O) groups is 1. The standard InChI is InChI=1S/C21H27ClN4O/c1-25-12-14-26(15-13-25)20-8-6-19(7-9-20)24-21(27)16-23-11-10-17-2-4-18(22)5-3-17/h2-9,23H,10-16H2,1H3,(H,24,27). The normalized spacial score (nSPS) is 15.0. The molecule has 2 aromatic carbocycles. The Labute approximate surface area is 166 Å². The minimum absolute atomic E-state index is 0.0292. The average Bonchev–Trinajstić information content (AvgIpc) is 2.68. The summed E-state index contributed by atoms with van der Waals surface area (Å²) in [6, 6.07) is 15.9. The summed E-state index contributed by atoms with van der Waals surface area (Å²) in [4.78, 5) is 16.8. The third-order valence-corrected chi connectivity index (χ3v) is 5.06. The zero-order chi connectivity index (χ0) is 19.1. The van der Waals surface area contributed by atoms with Crippen molar-refractivity contribution >= 4 is 28.9 Å². The van der Waals surface area contributed by atoms with Crippen molar-refractivity contribution in [3.05, 3.63) is 59.1 Å². The van der Waals surface area contributed by atoms with E-state index >= 15 is 0 Å². The minimum Gasteiger partial charge on any atom is -0.369 e. The summed E-state index contributed by atoms with van der Waals surface area (Å²) < 4.78 is 0. The molecule has 6 heteroatoms. The third-order valence-electron chi connectivity index (χ3n) is 4.81. The fourth-order valence-electron chi connectivity index (χ4n) is 3.11. The molecule has 0 atom stereocenters. The van der Waals surface area contributed by atoms with Crippen LogP contribution < -0.4 is 15.5 Å². The smallest absolute Gasteiger partial charge is 0.238 e. The van der Waals surface area contributed by atoms with Gasteiger partial charge in [-0.05, 0) is 62.0 Å². The van der Waals surface area contributed by atoms with Crippen molar-refractivity contribution in [2.24, 2.45) is 0 Å². The van der Waals surface area contributed by atoms with E-state index in [1.54, 1.807) is 0 Å². The molecule has 3 rings (SSSR count). The van der Waals surface area contributed by atoms with Gasteiger partial charge in [0.1, 0.15) is 0 Å². The van der Waals surface area contributed by atoms with Gasteiger partial charge in [0.2, 0.25) is 5.91 Å². The van der Waals surface area contributed by atoms with E-state index in [4.69, 9.17) is 11.6 Å². The lowest BCUT2D eigenvalue weighted by Crippen LogP contribution is -2.44. The van der Waals surface area contributed by atoms with Gasteiger partial charge >= 0.3 is 0 Å². The molecule has 0 spiro atoms. The molecule has 27 heavy (non-hydrogen) atoms. The minimum atomic E-state index is -0.0292. The summed E-state index contributed by atoms with van der Waals surface area (Å²) in [5.41, 5.74) is 3.24. The zero-order valence-corrected chi connectivity index (χ0v) is 16.5. The number of piperazine rings is 1. The first-order chi connectivity index (χ1) is 13.1. The Balaban J connectivity index is 1.38. The first kappa shape index (κ1) is 19.7. The van der Waals surface area contributed by atoms with E-state index in [2.05, 4.69) is 39.6 Å². The Kier molecular flexibility index (Phi) is 7.10. The van der Waals surface area contributed by atoms with Gasteiger partial charge in [-0.3, -0.25) is 4.79 Å². The average molecular weight is 387 g/mol. The van der Waals surface area contributed by atoms with Crippen LogP contribution in [0.2, 0.25) is 5.02 Å². The van der Waals surface area contributed by atoms with Crippen molar-refractivity contribution in [2.45, 2.75) is 6.42 Å². The van der Waals surface area contributed by atoms with Gasteiger partial charge in [0, 0.05) is 42.6 Å². The SMILES string of the molecule is CN1CCN(c2ccc(NC(=O)CNCCc3ccc(Cl)cc3)cc2)CC1. The summed E-state index contributed by atoms with van der Waals surface area (Å²) >= 11 is 5.88. The highest BCUT2D eigenvalue weighted by Gasteiger charge is 2.14. The molecular weight excluding hydrogens is 360 g/mol. The maximum Gasteiger partial charge on any atom is 0.238 e. The maximum absolute atomic E-state index is 12.1. The first-order valence-electron chi connectivity index (χ1n) is 9.39. The van der Waals surface area contributed by atoms with Crippen LogP contribution in [0.3, 0.4) is 0 Å². The molecule has 1 fully saturated rings. The van der Waals surface area contributed by atoms with Crippen LogP contribution in [0, 0.1) is 0 Å². The predicted molar refractivity (Wildman–Crippen MR) is 113 cm³/mol. The highest BCUT2D eigenvalue weighted by Crippen LogP contribution is 2.19. The van der Waals surface area contributed by atoms with E-state index in [0.29, 0.717) is 6.54 Å². The lowest BCUT2D eigenvalue weighted by Gasteiger charge is -2.34. The molecule has 1 heterocycles. The Bertz CT molecular complexity index is 725. The van der Waals surface area contributed by atoms with Gasteiger partial charge in [0.05, 0.1) is 6.54 Å². The van der Waals surface area contributed by atoms with E-state index in [0.717, 1.165) is 49.9 Å². The quantitative estimate of drug-likeness (QED) is 0.718. The number of hydrogen-bond donors (Lipinski definition) is 2. The van der Waals surface area contributed by atoms with Crippen LogP contribution in [0.5, 0.6) is 0 Å². The van der Waals surface area contributed by atoms with E-state index < -0.39 is 0 Å². The highest BCUT2D eigenvalue weighted by atomic mass is 35.5. The van der Waals surface area contributed by atoms with E-state index in [1.165, 1.54) is 11.3 Å². The van der Waals surface area contributed by atoms with Gasteiger partial charge in [-0.2, -0.15) is 0 Å². The molecule has 0 saturated carbocycles. The maximum atomic E-state index is 12.1. The zero-order valence-electron chi connectivity index (χ0n) is 15.7. The molecule has 1 aliphatic heterocycles. The molecule has 1 aliphatic rings. The number of amides is 1. The summed E-state index contributed by atoms with van der Waals surface area (Å²) in [6.07, 6.45) is 0.865. The molecular formula is C21H27ClN4O. The summed E-state index contributed by atoms with van der Waals surface area (Å²) in [5, 5.41) is 6.86. The van der Waals surface area contributed by atoms with Crippen LogP contribution in [0.15, 0.2) is 48.5 Å². The molecule has 0 bridgehead atoms. The van der Waals surface area contributed by atoms with Crippen LogP contribution in [0.25, 0.3) is 0 Å². The second-order valence-corrected chi connectivity index (χ2v) is 7.38. The van der Waals surface area contributed by atoms with Gasteiger partial charge in [0.15, 0.2) is 0 Å². The second-order valence-electron chi connectivity index (χ2n) is 6.94. The first-order valence-corrected chi connectivity index (χ1v) is 9.76. The molecule has 1 amide bonds. The van der Waals surface area contributed by atoms with Crippen molar-refractivity contribution in [2.75, 3.05) is 56.5 Å². The fraction of sp³-hybridized carbons (Fsp3) is 0.381.